The van der Waals surface area contributed by atoms with E-state index in [-0.39, 0.29) is 5.38 Å². The van der Waals surface area contributed by atoms with Crippen LogP contribution in [0.25, 0.3) is 0 Å². The lowest BCUT2D eigenvalue weighted by Gasteiger charge is -2.18. The summed E-state index contributed by atoms with van der Waals surface area (Å²) in [5.74, 6) is 0. The van der Waals surface area contributed by atoms with Crippen LogP contribution in [-0.4, -0.2) is 42.6 Å². The number of ether oxygens (including phenoxy) is 1. The summed E-state index contributed by atoms with van der Waals surface area (Å²) in [6, 6.07) is 0. The number of hydrogen-bond donors (Lipinski definition) is 0. The Labute approximate surface area is 93.7 Å². The quantitative estimate of drug-likeness (QED) is 0.703. The maximum Gasteiger partial charge on any atom is 0.0794 e. The van der Waals surface area contributed by atoms with E-state index in [1.165, 1.54) is 4.88 Å². The SMILES string of the molecule is COCC(Cl)CN(C)Cc1cncs1. The molecule has 5 heteroatoms. The third-order valence-corrected chi connectivity index (χ3v) is 2.79. The number of nitrogens with zero attached hydrogens (tertiary/aromatic N) is 2. The van der Waals surface area contributed by atoms with Gasteiger partial charge in [-0.05, 0) is 7.05 Å². The van der Waals surface area contributed by atoms with Gasteiger partial charge in [-0.3, -0.25) is 9.88 Å². The van der Waals surface area contributed by atoms with E-state index in [0.717, 1.165) is 13.1 Å². The topological polar surface area (TPSA) is 25.4 Å². The van der Waals surface area contributed by atoms with Crippen molar-refractivity contribution < 1.29 is 4.74 Å². The van der Waals surface area contributed by atoms with Crippen LogP contribution in [0.2, 0.25) is 0 Å². The van der Waals surface area contributed by atoms with Gasteiger partial charge in [0.25, 0.3) is 0 Å². The highest BCUT2D eigenvalue weighted by atomic mass is 35.5. The van der Waals surface area contributed by atoms with E-state index >= 15 is 0 Å². The second kappa shape index (κ2) is 6.35. The van der Waals surface area contributed by atoms with Gasteiger partial charge in [0.15, 0.2) is 0 Å². The summed E-state index contributed by atoms with van der Waals surface area (Å²) in [5, 5.41) is 0.0536. The van der Waals surface area contributed by atoms with Gasteiger partial charge in [0.05, 0.1) is 17.5 Å². The Morgan fingerprint density at radius 2 is 2.50 bits per heavy atom. The van der Waals surface area contributed by atoms with Crippen LogP contribution < -0.4 is 0 Å². The Morgan fingerprint density at radius 3 is 3.07 bits per heavy atom. The predicted molar refractivity (Wildman–Crippen MR) is 60.0 cm³/mol. The van der Waals surface area contributed by atoms with Crippen LogP contribution in [0.15, 0.2) is 11.7 Å². The fourth-order valence-corrected chi connectivity index (χ4v) is 2.26. The standard InChI is InChI=1S/C9H15ClN2OS/c1-12(4-8(10)6-13-2)5-9-3-11-7-14-9/h3,7-8H,4-6H2,1-2H3. The van der Waals surface area contributed by atoms with Crippen LogP contribution in [0, 0.1) is 0 Å². The molecule has 0 radical (unpaired) electrons. The summed E-state index contributed by atoms with van der Waals surface area (Å²) < 4.78 is 4.97. The van der Waals surface area contributed by atoms with Crippen LogP contribution in [0.4, 0.5) is 0 Å². The van der Waals surface area contributed by atoms with E-state index in [4.69, 9.17) is 16.3 Å². The molecule has 0 aliphatic heterocycles. The van der Waals surface area contributed by atoms with Crippen LogP contribution in [0.3, 0.4) is 0 Å². The van der Waals surface area contributed by atoms with Crippen LogP contribution in [-0.2, 0) is 11.3 Å². The van der Waals surface area contributed by atoms with Crippen LogP contribution in [0.1, 0.15) is 4.88 Å². The molecule has 14 heavy (non-hydrogen) atoms. The highest BCUT2D eigenvalue weighted by molar-refractivity contribution is 7.09. The summed E-state index contributed by atoms with van der Waals surface area (Å²) in [7, 11) is 3.71. The number of hydrogen-bond acceptors (Lipinski definition) is 4. The third-order valence-electron chi connectivity index (χ3n) is 1.77. The van der Waals surface area contributed by atoms with Crippen molar-refractivity contribution in [2.24, 2.45) is 0 Å². The lowest BCUT2D eigenvalue weighted by Crippen LogP contribution is -2.28. The molecule has 0 N–H and O–H groups in total. The predicted octanol–water partition coefficient (Wildman–Crippen LogP) is 1.83. The van der Waals surface area contributed by atoms with Gasteiger partial charge in [-0.25, -0.2) is 0 Å². The van der Waals surface area contributed by atoms with Crippen molar-refractivity contribution >= 4 is 22.9 Å². The van der Waals surface area contributed by atoms with E-state index in [2.05, 4.69) is 9.88 Å². The summed E-state index contributed by atoms with van der Waals surface area (Å²) in [5.41, 5.74) is 1.84. The molecule has 1 heterocycles. The molecular formula is C9H15ClN2OS. The molecule has 0 fully saturated rings. The van der Waals surface area contributed by atoms with Gasteiger partial charge < -0.3 is 4.74 Å². The Morgan fingerprint density at radius 1 is 1.71 bits per heavy atom. The largest absolute Gasteiger partial charge is 0.383 e. The maximum atomic E-state index is 6.04. The first-order chi connectivity index (χ1) is 6.72. The van der Waals surface area contributed by atoms with Crippen LogP contribution in [0.5, 0.6) is 0 Å². The van der Waals surface area contributed by atoms with Gasteiger partial charge in [0.2, 0.25) is 0 Å². The minimum absolute atomic E-state index is 0.0536. The highest BCUT2D eigenvalue weighted by Crippen LogP contribution is 2.09. The van der Waals surface area contributed by atoms with Crippen molar-refractivity contribution in [1.29, 1.82) is 0 Å². The van der Waals surface area contributed by atoms with Crippen LogP contribution >= 0.6 is 22.9 Å². The molecule has 1 rings (SSSR count). The van der Waals surface area contributed by atoms with Gasteiger partial charge in [0.1, 0.15) is 0 Å². The summed E-state index contributed by atoms with van der Waals surface area (Å²) in [6.07, 6.45) is 1.89. The molecule has 80 valence electrons. The molecule has 1 unspecified atom stereocenters. The van der Waals surface area contributed by atoms with Gasteiger partial charge in [-0.2, -0.15) is 0 Å². The first-order valence-corrected chi connectivity index (χ1v) is 5.73. The normalized spacial score (nSPS) is 13.4. The second-order valence-electron chi connectivity index (χ2n) is 3.22. The van der Waals surface area contributed by atoms with Gasteiger partial charge in [-0.1, -0.05) is 0 Å². The molecule has 0 aliphatic rings. The van der Waals surface area contributed by atoms with Crippen molar-refractivity contribution in [3.05, 3.63) is 16.6 Å². The average molecular weight is 235 g/mol. The minimum atomic E-state index is 0.0536. The van der Waals surface area contributed by atoms with Crippen molar-refractivity contribution in [1.82, 2.24) is 9.88 Å². The fourth-order valence-electron chi connectivity index (χ4n) is 1.22. The maximum absolute atomic E-state index is 6.04. The van der Waals surface area contributed by atoms with Crippen molar-refractivity contribution in [2.45, 2.75) is 11.9 Å². The molecule has 1 aromatic heterocycles. The van der Waals surface area contributed by atoms with Gasteiger partial charge in [-0.15, -0.1) is 22.9 Å². The molecule has 3 nitrogen and oxygen atoms in total. The monoisotopic (exact) mass is 234 g/mol. The number of thiazole rings is 1. The Balaban J connectivity index is 2.25. The van der Waals surface area contributed by atoms with E-state index < -0.39 is 0 Å². The second-order valence-corrected chi connectivity index (χ2v) is 4.81. The Kier molecular flexibility index (Phi) is 5.40. The molecule has 1 atom stereocenters. The molecule has 0 spiro atoms. The zero-order chi connectivity index (χ0) is 10.4. The fraction of sp³-hybridized carbons (Fsp3) is 0.667. The lowest BCUT2D eigenvalue weighted by atomic mass is 10.4. The number of alkyl halides is 1. The first-order valence-electron chi connectivity index (χ1n) is 4.41. The number of aromatic nitrogens is 1. The van der Waals surface area contributed by atoms with E-state index in [1.807, 2.05) is 18.8 Å². The summed E-state index contributed by atoms with van der Waals surface area (Å²) in [4.78, 5) is 7.45. The molecule has 0 saturated heterocycles. The van der Waals surface area contributed by atoms with E-state index in [1.54, 1.807) is 18.4 Å². The van der Waals surface area contributed by atoms with E-state index in [0.29, 0.717) is 6.61 Å². The van der Waals surface area contributed by atoms with Crippen molar-refractivity contribution in [2.75, 3.05) is 27.3 Å². The molecule has 0 aromatic carbocycles. The zero-order valence-electron chi connectivity index (χ0n) is 8.44. The van der Waals surface area contributed by atoms with Gasteiger partial charge >= 0.3 is 0 Å². The molecule has 0 amide bonds. The summed E-state index contributed by atoms with van der Waals surface area (Å²) >= 11 is 7.70. The molecule has 0 saturated carbocycles. The molecular weight excluding hydrogens is 220 g/mol. The summed E-state index contributed by atoms with van der Waals surface area (Å²) in [6.45, 7) is 2.32. The number of halogens is 1. The number of rotatable bonds is 6. The van der Waals surface area contributed by atoms with Crippen molar-refractivity contribution in [3.8, 4) is 0 Å². The smallest absolute Gasteiger partial charge is 0.0794 e. The third kappa shape index (κ3) is 4.37. The Bertz CT molecular complexity index is 243. The average Bonchev–Trinajstić information content (AvgIpc) is 2.56. The van der Waals surface area contributed by atoms with Gasteiger partial charge in [0, 0.05) is 31.3 Å². The lowest BCUT2D eigenvalue weighted by molar-refractivity contribution is 0.181. The molecule has 1 aromatic rings. The molecule has 0 aliphatic carbocycles. The first kappa shape index (κ1) is 11.9. The minimum Gasteiger partial charge on any atom is -0.383 e. The number of methoxy groups -OCH3 is 1. The highest BCUT2D eigenvalue weighted by Gasteiger charge is 2.08. The zero-order valence-corrected chi connectivity index (χ0v) is 10.0. The van der Waals surface area contributed by atoms with E-state index in [9.17, 15) is 0 Å². The molecule has 0 bridgehead atoms. The Hall–Kier alpha value is -0.160. The van der Waals surface area contributed by atoms with Crippen molar-refractivity contribution in [3.63, 3.8) is 0 Å².